The molecule has 0 saturated carbocycles. The molecule has 0 aliphatic rings. The van der Waals surface area contributed by atoms with Crippen LogP contribution < -0.4 is 10.5 Å². The fraction of sp³-hybridized carbons (Fsp3) is 0.333. The first kappa shape index (κ1) is 15.5. The predicted octanol–water partition coefficient (Wildman–Crippen LogP) is 3.05. The lowest BCUT2D eigenvalue weighted by Gasteiger charge is -2.22. The average molecular weight is 284 g/mol. The quantitative estimate of drug-likeness (QED) is 0.809. The maximum absolute atomic E-state index is 5.66. The lowest BCUT2D eigenvalue weighted by Crippen LogP contribution is -2.25. The molecule has 0 aliphatic heterocycles. The van der Waals surface area contributed by atoms with E-state index in [0.717, 1.165) is 38.3 Å². The Morgan fingerprint density at radius 1 is 0.952 bits per heavy atom. The second kappa shape index (κ2) is 8.45. The number of methoxy groups -OCH3 is 1. The van der Waals surface area contributed by atoms with E-state index in [1.807, 2.05) is 12.1 Å². The van der Waals surface area contributed by atoms with Crippen LogP contribution in [0.15, 0.2) is 54.6 Å². The zero-order chi connectivity index (χ0) is 14.9. The largest absolute Gasteiger partial charge is 0.497 e. The smallest absolute Gasteiger partial charge is 0.119 e. The van der Waals surface area contributed by atoms with E-state index < -0.39 is 0 Å². The molecular formula is C18H24N2O. The minimum Gasteiger partial charge on any atom is -0.497 e. The van der Waals surface area contributed by atoms with Gasteiger partial charge in [-0.25, -0.2) is 0 Å². The molecule has 21 heavy (non-hydrogen) atoms. The average Bonchev–Trinajstić information content (AvgIpc) is 2.54. The summed E-state index contributed by atoms with van der Waals surface area (Å²) in [4.78, 5) is 2.43. The molecule has 0 aromatic heterocycles. The van der Waals surface area contributed by atoms with E-state index in [-0.39, 0.29) is 0 Å². The minimum absolute atomic E-state index is 0.726. The van der Waals surface area contributed by atoms with Gasteiger partial charge in [0.25, 0.3) is 0 Å². The molecule has 0 unspecified atom stereocenters. The van der Waals surface area contributed by atoms with Crippen molar-refractivity contribution in [1.82, 2.24) is 4.90 Å². The molecule has 0 radical (unpaired) electrons. The van der Waals surface area contributed by atoms with E-state index in [2.05, 4.69) is 47.4 Å². The molecule has 2 aromatic carbocycles. The Kier molecular flexibility index (Phi) is 6.25. The van der Waals surface area contributed by atoms with E-state index >= 15 is 0 Å². The van der Waals surface area contributed by atoms with Crippen molar-refractivity contribution in [2.75, 3.05) is 20.2 Å². The Labute approximate surface area is 127 Å². The SMILES string of the molecule is COc1cccc(CN(CCCN)Cc2ccccc2)c1. The van der Waals surface area contributed by atoms with Gasteiger partial charge in [-0.15, -0.1) is 0 Å². The molecule has 0 spiro atoms. The van der Waals surface area contributed by atoms with Crippen molar-refractivity contribution in [1.29, 1.82) is 0 Å². The molecule has 3 heteroatoms. The summed E-state index contributed by atoms with van der Waals surface area (Å²) >= 11 is 0. The number of ether oxygens (including phenoxy) is 1. The number of nitrogens with two attached hydrogens (primary N) is 1. The van der Waals surface area contributed by atoms with Crippen LogP contribution in [0.4, 0.5) is 0 Å². The van der Waals surface area contributed by atoms with Crippen molar-refractivity contribution in [3.63, 3.8) is 0 Å². The van der Waals surface area contributed by atoms with Gasteiger partial charge >= 0.3 is 0 Å². The predicted molar refractivity (Wildman–Crippen MR) is 87.2 cm³/mol. The van der Waals surface area contributed by atoms with Crippen molar-refractivity contribution >= 4 is 0 Å². The van der Waals surface area contributed by atoms with E-state index in [0.29, 0.717) is 0 Å². The second-order valence-electron chi connectivity index (χ2n) is 5.19. The van der Waals surface area contributed by atoms with Gasteiger partial charge in [-0.05, 0) is 36.2 Å². The van der Waals surface area contributed by atoms with Gasteiger partial charge in [0.1, 0.15) is 5.75 Å². The van der Waals surface area contributed by atoms with Crippen molar-refractivity contribution < 1.29 is 4.74 Å². The van der Waals surface area contributed by atoms with E-state index in [4.69, 9.17) is 10.5 Å². The van der Waals surface area contributed by atoms with Gasteiger partial charge in [-0.2, -0.15) is 0 Å². The lowest BCUT2D eigenvalue weighted by atomic mass is 10.1. The number of benzene rings is 2. The maximum Gasteiger partial charge on any atom is 0.119 e. The van der Waals surface area contributed by atoms with Crippen LogP contribution in [-0.4, -0.2) is 25.1 Å². The van der Waals surface area contributed by atoms with Gasteiger partial charge in [0.2, 0.25) is 0 Å². The zero-order valence-electron chi connectivity index (χ0n) is 12.7. The first-order valence-corrected chi connectivity index (χ1v) is 7.41. The molecule has 0 atom stereocenters. The molecule has 0 saturated heterocycles. The van der Waals surface area contributed by atoms with E-state index in [9.17, 15) is 0 Å². The summed E-state index contributed by atoms with van der Waals surface area (Å²) in [6.07, 6.45) is 1.01. The van der Waals surface area contributed by atoms with Crippen molar-refractivity contribution in [3.8, 4) is 5.75 Å². The zero-order valence-corrected chi connectivity index (χ0v) is 12.7. The van der Waals surface area contributed by atoms with Gasteiger partial charge in [0.05, 0.1) is 7.11 Å². The highest BCUT2D eigenvalue weighted by molar-refractivity contribution is 5.28. The number of hydrogen-bond acceptors (Lipinski definition) is 3. The van der Waals surface area contributed by atoms with Crippen molar-refractivity contribution in [3.05, 3.63) is 65.7 Å². The summed E-state index contributed by atoms with van der Waals surface area (Å²) in [6.45, 7) is 3.58. The van der Waals surface area contributed by atoms with Crippen LogP contribution in [0.2, 0.25) is 0 Å². The first-order chi connectivity index (χ1) is 10.3. The Bertz CT molecular complexity index is 528. The van der Waals surface area contributed by atoms with Gasteiger partial charge in [-0.1, -0.05) is 42.5 Å². The highest BCUT2D eigenvalue weighted by atomic mass is 16.5. The fourth-order valence-electron chi connectivity index (χ4n) is 2.40. The normalized spacial score (nSPS) is 10.8. The van der Waals surface area contributed by atoms with Gasteiger partial charge in [0, 0.05) is 19.6 Å². The van der Waals surface area contributed by atoms with Crippen molar-refractivity contribution in [2.45, 2.75) is 19.5 Å². The molecule has 112 valence electrons. The third-order valence-electron chi connectivity index (χ3n) is 3.47. The van der Waals surface area contributed by atoms with Gasteiger partial charge in [-0.3, -0.25) is 4.90 Å². The Balaban J connectivity index is 2.04. The Morgan fingerprint density at radius 2 is 1.67 bits per heavy atom. The highest BCUT2D eigenvalue weighted by Crippen LogP contribution is 2.16. The Morgan fingerprint density at radius 3 is 2.38 bits per heavy atom. The van der Waals surface area contributed by atoms with E-state index in [1.165, 1.54) is 11.1 Å². The van der Waals surface area contributed by atoms with Gasteiger partial charge in [0.15, 0.2) is 0 Å². The number of nitrogens with zero attached hydrogens (tertiary/aromatic N) is 1. The van der Waals surface area contributed by atoms with Crippen LogP contribution in [0, 0.1) is 0 Å². The summed E-state index contributed by atoms with van der Waals surface area (Å²) in [5.41, 5.74) is 8.26. The van der Waals surface area contributed by atoms with E-state index in [1.54, 1.807) is 7.11 Å². The standard InChI is InChI=1S/C18H24N2O/c1-21-18-10-5-9-17(13-18)15-20(12-6-11-19)14-16-7-3-2-4-8-16/h2-5,7-10,13H,6,11-12,14-15,19H2,1H3. The van der Waals surface area contributed by atoms with Crippen LogP contribution in [0.5, 0.6) is 5.75 Å². The van der Waals surface area contributed by atoms with Crippen LogP contribution in [0.25, 0.3) is 0 Å². The number of hydrogen-bond donors (Lipinski definition) is 1. The van der Waals surface area contributed by atoms with Crippen LogP contribution in [0.3, 0.4) is 0 Å². The summed E-state index contributed by atoms with van der Waals surface area (Å²) in [5.74, 6) is 0.908. The molecule has 2 N–H and O–H groups in total. The molecular weight excluding hydrogens is 260 g/mol. The summed E-state index contributed by atoms with van der Waals surface area (Å²) < 4.78 is 5.30. The lowest BCUT2D eigenvalue weighted by molar-refractivity contribution is 0.254. The molecule has 0 fully saturated rings. The monoisotopic (exact) mass is 284 g/mol. The van der Waals surface area contributed by atoms with Crippen LogP contribution >= 0.6 is 0 Å². The van der Waals surface area contributed by atoms with Gasteiger partial charge < -0.3 is 10.5 Å². The van der Waals surface area contributed by atoms with Crippen LogP contribution in [0.1, 0.15) is 17.5 Å². The second-order valence-corrected chi connectivity index (χ2v) is 5.19. The van der Waals surface area contributed by atoms with Crippen LogP contribution in [-0.2, 0) is 13.1 Å². The third kappa shape index (κ3) is 5.21. The molecule has 0 bridgehead atoms. The molecule has 3 nitrogen and oxygen atoms in total. The molecule has 2 rings (SSSR count). The molecule has 0 aliphatic carbocycles. The molecule has 0 heterocycles. The summed E-state index contributed by atoms with van der Waals surface area (Å²) in [7, 11) is 1.70. The Hall–Kier alpha value is -1.84. The summed E-state index contributed by atoms with van der Waals surface area (Å²) in [5, 5.41) is 0. The molecule has 2 aromatic rings. The minimum atomic E-state index is 0.726. The molecule has 0 amide bonds. The summed E-state index contributed by atoms with van der Waals surface area (Å²) in [6, 6.07) is 18.8. The topological polar surface area (TPSA) is 38.5 Å². The maximum atomic E-state index is 5.66. The van der Waals surface area contributed by atoms with Crippen molar-refractivity contribution in [2.24, 2.45) is 5.73 Å². The fourth-order valence-corrected chi connectivity index (χ4v) is 2.40. The first-order valence-electron chi connectivity index (χ1n) is 7.41. The third-order valence-corrected chi connectivity index (χ3v) is 3.47. The number of rotatable bonds is 8. The highest BCUT2D eigenvalue weighted by Gasteiger charge is 2.07.